The summed E-state index contributed by atoms with van der Waals surface area (Å²) in [6.07, 6.45) is 0. The standard InChI is InChI=1S/C42H39Br2N5/c1-41(2,3)29-15-7-25(8-16-29)33-23-35-36(24-34(33)26-9-17-30(18-10-26)42(4,5)6)40(48-38(46)28-13-21-32(44)22-14-28)49-39(35)47-37(45)27-11-19-31(43)20-12-27/h7-24H,1-6H3,(H3,45,46,47,48,49). The summed E-state index contributed by atoms with van der Waals surface area (Å²) in [4.78, 5) is 9.59. The highest BCUT2D eigenvalue weighted by molar-refractivity contribution is 9.10. The summed E-state index contributed by atoms with van der Waals surface area (Å²) in [6.45, 7) is 13.3. The van der Waals surface area contributed by atoms with Crippen molar-refractivity contribution in [1.29, 1.82) is 10.8 Å². The molecule has 0 radical (unpaired) electrons. The minimum absolute atomic E-state index is 0.0316. The summed E-state index contributed by atoms with van der Waals surface area (Å²) in [6, 6.07) is 37.0. The van der Waals surface area contributed by atoms with Crippen molar-refractivity contribution in [3.8, 4) is 22.3 Å². The van der Waals surface area contributed by atoms with Gasteiger partial charge in [0.15, 0.2) is 11.7 Å². The number of benzene rings is 5. The maximum atomic E-state index is 8.89. The molecule has 0 saturated carbocycles. The van der Waals surface area contributed by atoms with Crippen molar-refractivity contribution in [3.05, 3.63) is 152 Å². The van der Waals surface area contributed by atoms with E-state index >= 15 is 0 Å². The smallest absolute Gasteiger partial charge is 0.154 e. The first-order valence-corrected chi connectivity index (χ1v) is 17.8. The number of rotatable bonds is 4. The van der Waals surface area contributed by atoms with Gasteiger partial charge in [-0.25, -0.2) is 9.98 Å². The van der Waals surface area contributed by atoms with Crippen LogP contribution in [0.5, 0.6) is 0 Å². The number of hydrogen-bond acceptors (Lipinski definition) is 2. The molecule has 0 atom stereocenters. The summed E-state index contributed by atoms with van der Waals surface area (Å²) in [5.41, 5.74) is 9.91. The third-order valence-corrected chi connectivity index (χ3v) is 9.77. The van der Waals surface area contributed by atoms with Gasteiger partial charge < -0.3 is 5.32 Å². The number of nitrogens with zero attached hydrogens (tertiary/aromatic N) is 2. The van der Waals surface area contributed by atoms with Gasteiger partial charge in [0.25, 0.3) is 0 Å². The molecule has 246 valence electrons. The van der Waals surface area contributed by atoms with Gasteiger partial charge in [-0.2, -0.15) is 0 Å². The van der Waals surface area contributed by atoms with Gasteiger partial charge in [0.2, 0.25) is 0 Å². The molecule has 0 aromatic heterocycles. The van der Waals surface area contributed by atoms with Crippen LogP contribution in [0.4, 0.5) is 0 Å². The van der Waals surface area contributed by atoms with Crippen molar-refractivity contribution in [2.24, 2.45) is 9.98 Å². The van der Waals surface area contributed by atoms with Crippen LogP contribution in [0.15, 0.2) is 128 Å². The van der Waals surface area contributed by atoms with Crippen LogP contribution in [0.2, 0.25) is 0 Å². The lowest BCUT2D eigenvalue weighted by Crippen LogP contribution is -2.24. The molecule has 0 amide bonds. The zero-order chi connectivity index (χ0) is 35.1. The fraction of sp³-hybridized carbons (Fsp3) is 0.190. The van der Waals surface area contributed by atoms with E-state index in [1.165, 1.54) is 11.1 Å². The number of amidine groups is 4. The SMILES string of the molecule is CC(C)(C)c1ccc(-c2cc3c(cc2-c2ccc(C(C)(C)C)cc2)C(=NC(=N)c2ccc(Br)cc2)NC3=NC(=N)c2ccc(Br)cc2)cc1. The Balaban J connectivity index is 1.56. The molecule has 0 spiro atoms. The highest BCUT2D eigenvalue weighted by Crippen LogP contribution is 2.38. The van der Waals surface area contributed by atoms with Gasteiger partial charge in [0.1, 0.15) is 11.7 Å². The van der Waals surface area contributed by atoms with Gasteiger partial charge in [-0.1, -0.05) is 146 Å². The van der Waals surface area contributed by atoms with E-state index in [0.29, 0.717) is 22.8 Å². The van der Waals surface area contributed by atoms with E-state index in [2.05, 4.69) is 139 Å². The lowest BCUT2D eigenvalue weighted by atomic mass is 9.84. The minimum atomic E-state index is 0.0316. The van der Waals surface area contributed by atoms with Crippen molar-refractivity contribution in [2.45, 2.75) is 52.4 Å². The largest absolute Gasteiger partial charge is 0.324 e. The van der Waals surface area contributed by atoms with Gasteiger partial charge >= 0.3 is 0 Å². The molecule has 7 heteroatoms. The van der Waals surface area contributed by atoms with Crippen molar-refractivity contribution >= 4 is 55.2 Å². The number of hydrogen-bond donors (Lipinski definition) is 3. The molecule has 1 aliphatic heterocycles. The lowest BCUT2D eigenvalue weighted by molar-refractivity contribution is 0.590. The highest BCUT2D eigenvalue weighted by atomic mass is 79.9. The zero-order valence-corrected chi connectivity index (χ0v) is 31.7. The zero-order valence-electron chi connectivity index (χ0n) is 28.5. The van der Waals surface area contributed by atoms with E-state index < -0.39 is 0 Å². The second-order valence-electron chi connectivity index (χ2n) is 14.4. The van der Waals surface area contributed by atoms with Crippen LogP contribution >= 0.6 is 31.9 Å². The van der Waals surface area contributed by atoms with Gasteiger partial charge in [-0.15, -0.1) is 0 Å². The van der Waals surface area contributed by atoms with Gasteiger partial charge in [0, 0.05) is 31.2 Å². The molecule has 49 heavy (non-hydrogen) atoms. The summed E-state index contributed by atoms with van der Waals surface area (Å²) in [5.74, 6) is 1.30. The Bertz CT molecular complexity index is 1960. The Morgan fingerprint density at radius 3 is 1.12 bits per heavy atom. The topological polar surface area (TPSA) is 84.5 Å². The molecule has 5 aromatic carbocycles. The average molecular weight is 774 g/mol. The van der Waals surface area contributed by atoms with Crippen LogP contribution in [-0.4, -0.2) is 23.3 Å². The van der Waals surface area contributed by atoms with Crippen LogP contribution in [0.1, 0.15) is 74.9 Å². The number of halogens is 2. The summed E-state index contributed by atoms with van der Waals surface area (Å²) < 4.78 is 1.87. The fourth-order valence-corrected chi connectivity index (χ4v) is 6.29. The number of aliphatic imine (C=N–C) groups is 2. The average Bonchev–Trinajstić information content (AvgIpc) is 3.39. The Morgan fingerprint density at radius 2 is 0.816 bits per heavy atom. The van der Waals surface area contributed by atoms with E-state index in [1.54, 1.807) is 0 Å². The van der Waals surface area contributed by atoms with E-state index in [-0.39, 0.29) is 22.5 Å². The molecule has 3 N–H and O–H groups in total. The van der Waals surface area contributed by atoms with Crippen LogP contribution < -0.4 is 5.32 Å². The molecule has 0 aliphatic carbocycles. The molecule has 5 aromatic rings. The summed E-state index contributed by atoms with van der Waals surface area (Å²) in [5, 5.41) is 21.2. The third kappa shape index (κ3) is 7.58. The lowest BCUT2D eigenvalue weighted by Gasteiger charge is -2.21. The molecule has 5 nitrogen and oxygen atoms in total. The Hall–Kier alpha value is -4.46. The van der Waals surface area contributed by atoms with Crippen LogP contribution in [0.3, 0.4) is 0 Å². The molecule has 0 bridgehead atoms. The van der Waals surface area contributed by atoms with Crippen LogP contribution in [0, 0.1) is 10.8 Å². The maximum Gasteiger partial charge on any atom is 0.154 e. The Kier molecular flexibility index (Phi) is 9.44. The molecule has 1 aliphatic rings. The molecule has 0 saturated heterocycles. The van der Waals surface area contributed by atoms with Gasteiger partial charge in [0.05, 0.1) is 0 Å². The molecule has 0 unspecified atom stereocenters. The second-order valence-corrected chi connectivity index (χ2v) is 16.2. The predicted octanol–water partition coefficient (Wildman–Crippen LogP) is 11.3. The first kappa shape index (κ1) is 34.4. The van der Waals surface area contributed by atoms with Gasteiger partial charge in [-0.05, 0) is 80.6 Å². The Morgan fingerprint density at radius 1 is 0.490 bits per heavy atom. The summed E-state index contributed by atoms with van der Waals surface area (Å²) in [7, 11) is 0. The van der Waals surface area contributed by atoms with Crippen LogP contribution in [0.25, 0.3) is 22.3 Å². The number of fused-ring (bicyclic) bond motifs is 1. The summed E-state index contributed by atoms with van der Waals surface area (Å²) >= 11 is 6.97. The first-order valence-electron chi connectivity index (χ1n) is 16.2. The fourth-order valence-electron chi connectivity index (χ4n) is 5.76. The molecular weight excluding hydrogens is 734 g/mol. The van der Waals surface area contributed by atoms with Crippen molar-refractivity contribution in [2.75, 3.05) is 0 Å². The van der Waals surface area contributed by atoms with E-state index in [9.17, 15) is 0 Å². The first-order chi connectivity index (χ1) is 23.2. The number of nitrogens with one attached hydrogen (secondary N) is 3. The van der Waals surface area contributed by atoms with Crippen molar-refractivity contribution in [1.82, 2.24) is 5.32 Å². The maximum absolute atomic E-state index is 8.89. The van der Waals surface area contributed by atoms with Crippen molar-refractivity contribution in [3.63, 3.8) is 0 Å². The molecule has 0 fully saturated rings. The van der Waals surface area contributed by atoms with Gasteiger partial charge in [-0.3, -0.25) is 10.8 Å². The normalized spacial score (nSPS) is 14.5. The van der Waals surface area contributed by atoms with E-state index in [0.717, 1.165) is 42.3 Å². The van der Waals surface area contributed by atoms with E-state index in [1.807, 2.05) is 48.5 Å². The van der Waals surface area contributed by atoms with Crippen LogP contribution in [-0.2, 0) is 10.8 Å². The molecular formula is C42H39Br2N5. The third-order valence-electron chi connectivity index (χ3n) is 8.71. The molecule has 6 rings (SSSR count). The van der Waals surface area contributed by atoms with E-state index in [4.69, 9.17) is 20.8 Å². The minimum Gasteiger partial charge on any atom is -0.324 e. The van der Waals surface area contributed by atoms with Crippen molar-refractivity contribution < 1.29 is 0 Å². The second kappa shape index (κ2) is 13.4. The molecule has 1 heterocycles. The predicted molar refractivity (Wildman–Crippen MR) is 213 cm³/mol. The highest BCUT2D eigenvalue weighted by Gasteiger charge is 2.28. The quantitative estimate of drug-likeness (QED) is 0.123. The Labute approximate surface area is 305 Å². The monoisotopic (exact) mass is 771 g/mol.